The van der Waals surface area contributed by atoms with Gasteiger partial charge >= 0.3 is 6.03 Å². The smallest absolute Gasteiger partial charge is 0.312 e. The molecule has 1 aliphatic rings. The van der Waals surface area contributed by atoms with Crippen molar-refractivity contribution in [3.63, 3.8) is 0 Å². The molecule has 2 aromatic rings. The predicted molar refractivity (Wildman–Crippen MR) is 90.6 cm³/mol. The number of nitrogens with zero attached hydrogens (tertiary/aromatic N) is 5. The number of aromatic nitrogens is 4. The molecule has 1 fully saturated rings. The Morgan fingerprint density at radius 1 is 1.46 bits per heavy atom. The second-order valence-corrected chi connectivity index (χ2v) is 6.31. The number of halogens is 1. The first kappa shape index (κ1) is 16.5. The minimum Gasteiger partial charge on any atom is -0.356 e. The molecule has 1 atom stereocenters. The number of amides is 2. The number of rotatable bonds is 5. The van der Waals surface area contributed by atoms with Crippen molar-refractivity contribution in [2.24, 2.45) is 11.7 Å². The topological polar surface area (TPSA) is 102 Å². The van der Waals surface area contributed by atoms with Crippen molar-refractivity contribution < 1.29 is 4.79 Å². The van der Waals surface area contributed by atoms with E-state index < -0.39 is 6.03 Å². The Balaban J connectivity index is 1.58. The summed E-state index contributed by atoms with van der Waals surface area (Å²) in [5.41, 5.74) is 5.74. The van der Waals surface area contributed by atoms with Crippen LogP contribution in [0.3, 0.4) is 0 Å². The number of anilines is 1. The van der Waals surface area contributed by atoms with Gasteiger partial charge in [-0.05, 0) is 30.9 Å². The molecule has 0 spiro atoms. The molecule has 0 radical (unpaired) electrons. The van der Waals surface area contributed by atoms with E-state index in [1.54, 1.807) is 6.07 Å². The summed E-state index contributed by atoms with van der Waals surface area (Å²) in [4.78, 5) is 17.4. The minimum atomic E-state index is -0.568. The van der Waals surface area contributed by atoms with E-state index in [2.05, 4.69) is 25.5 Å². The van der Waals surface area contributed by atoms with Crippen LogP contribution in [0.4, 0.5) is 10.6 Å². The molecule has 0 bridgehead atoms. The summed E-state index contributed by atoms with van der Waals surface area (Å²) in [7, 11) is 0. The Labute approximate surface area is 145 Å². The van der Waals surface area contributed by atoms with Crippen LogP contribution in [0.25, 0.3) is 0 Å². The summed E-state index contributed by atoms with van der Waals surface area (Å²) in [5.74, 6) is 1.37. The number of pyridine rings is 1. The molecule has 0 aliphatic carbocycles. The highest BCUT2D eigenvalue weighted by atomic mass is 35.5. The Bertz CT molecular complexity index is 705. The van der Waals surface area contributed by atoms with E-state index >= 15 is 0 Å². The first-order chi connectivity index (χ1) is 11.6. The molecule has 3 N–H and O–H groups in total. The maximum Gasteiger partial charge on any atom is 0.312 e. The Morgan fingerprint density at radius 3 is 3.12 bits per heavy atom. The second-order valence-electron chi connectivity index (χ2n) is 5.92. The van der Waals surface area contributed by atoms with Crippen LogP contribution in [0.1, 0.15) is 18.5 Å². The van der Waals surface area contributed by atoms with Gasteiger partial charge in [0.1, 0.15) is 16.7 Å². The van der Waals surface area contributed by atoms with E-state index in [1.165, 1.54) is 0 Å². The van der Waals surface area contributed by atoms with Gasteiger partial charge in [0.05, 0.1) is 12.7 Å². The first-order valence-corrected chi connectivity index (χ1v) is 8.28. The van der Waals surface area contributed by atoms with Crippen LogP contribution in [0.15, 0.2) is 24.4 Å². The summed E-state index contributed by atoms with van der Waals surface area (Å²) in [6, 6.07) is 5.12. The summed E-state index contributed by atoms with van der Waals surface area (Å²) in [6.07, 6.45) is 4.07. The lowest BCUT2D eigenvalue weighted by molar-refractivity contribution is 0.248. The molecular formula is C15H20ClN7O. The zero-order chi connectivity index (χ0) is 16.9. The van der Waals surface area contributed by atoms with E-state index in [0.29, 0.717) is 23.3 Å². The molecule has 3 rings (SSSR count). The van der Waals surface area contributed by atoms with Gasteiger partial charge in [-0.2, -0.15) is 0 Å². The Morgan fingerprint density at radius 2 is 2.33 bits per heavy atom. The summed E-state index contributed by atoms with van der Waals surface area (Å²) >= 11 is 5.99. The van der Waals surface area contributed by atoms with E-state index in [9.17, 15) is 4.79 Å². The lowest BCUT2D eigenvalue weighted by atomic mass is 9.98. The van der Waals surface area contributed by atoms with Gasteiger partial charge < -0.3 is 16.0 Å². The SMILES string of the molecule is NC(=O)NCc1cn(C[C@@H]2CCCN(c3cccc(Cl)n3)C2)nn1. The number of carbonyl (C=O) groups excluding carboxylic acids is 1. The van der Waals surface area contributed by atoms with Gasteiger partial charge in [-0.3, -0.25) is 4.68 Å². The monoisotopic (exact) mass is 349 g/mol. The number of hydrogen-bond acceptors (Lipinski definition) is 5. The number of nitrogens with one attached hydrogen (secondary N) is 1. The zero-order valence-electron chi connectivity index (χ0n) is 13.2. The highest BCUT2D eigenvalue weighted by Gasteiger charge is 2.22. The van der Waals surface area contributed by atoms with Crippen molar-refractivity contribution in [1.29, 1.82) is 0 Å². The maximum absolute atomic E-state index is 10.7. The lowest BCUT2D eigenvalue weighted by Gasteiger charge is -2.33. The van der Waals surface area contributed by atoms with Crippen molar-refractivity contribution in [2.75, 3.05) is 18.0 Å². The number of carbonyl (C=O) groups is 1. The number of urea groups is 1. The molecule has 128 valence electrons. The molecular weight excluding hydrogens is 330 g/mol. The van der Waals surface area contributed by atoms with Gasteiger partial charge in [0.25, 0.3) is 0 Å². The maximum atomic E-state index is 10.7. The van der Waals surface area contributed by atoms with Crippen LogP contribution >= 0.6 is 11.6 Å². The summed E-state index contributed by atoms with van der Waals surface area (Å²) in [5, 5.41) is 11.2. The van der Waals surface area contributed by atoms with Crippen LogP contribution in [0.2, 0.25) is 5.15 Å². The molecule has 2 aromatic heterocycles. The molecule has 9 heteroatoms. The van der Waals surface area contributed by atoms with Gasteiger partial charge in [-0.25, -0.2) is 9.78 Å². The molecule has 0 aromatic carbocycles. The fraction of sp³-hybridized carbons (Fsp3) is 0.467. The molecule has 8 nitrogen and oxygen atoms in total. The summed E-state index contributed by atoms with van der Waals surface area (Å²) < 4.78 is 1.82. The standard InChI is InChI=1S/C15H20ClN7O/c16-13-4-1-5-14(19-13)22-6-2-3-11(8-22)9-23-10-12(20-21-23)7-18-15(17)24/h1,4-5,10-11H,2-3,6-9H2,(H3,17,18,24)/t11-/m1/s1. The van der Waals surface area contributed by atoms with Crippen molar-refractivity contribution in [3.8, 4) is 0 Å². The van der Waals surface area contributed by atoms with Crippen molar-refractivity contribution >= 4 is 23.4 Å². The fourth-order valence-corrected chi connectivity index (χ4v) is 3.11. The van der Waals surface area contributed by atoms with Gasteiger partial charge in [0, 0.05) is 19.6 Å². The third-order valence-corrected chi connectivity index (χ3v) is 4.23. The number of nitrogens with two attached hydrogens (primary N) is 1. The van der Waals surface area contributed by atoms with E-state index in [4.69, 9.17) is 17.3 Å². The molecule has 24 heavy (non-hydrogen) atoms. The Hall–Kier alpha value is -2.35. The Kier molecular flexibility index (Phi) is 5.14. The third kappa shape index (κ3) is 4.35. The van der Waals surface area contributed by atoms with E-state index in [0.717, 1.165) is 38.3 Å². The van der Waals surface area contributed by atoms with Crippen LogP contribution in [0, 0.1) is 5.92 Å². The van der Waals surface area contributed by atoms with E-state index in [1.807, 2.05) is 23.0 Å². The van der Waals surface area contributed by atoms with Crippen molar-refractivity contribution in [2.45, 2.75) is 25.9 Å². The van der Waals surface area contributed by atoms with Crippen LogP contribution in [-0.4, -0.2) is 39.1 Å². The van der Waals surface area contributed by atoms with Crippen LogP contribution in [-0.2, 0) is 13.1 Å². The van der Waals surface area contributed by atoms with E-state index in [-0.39, 0.29) is 0 Å². The molecule has 0 unspecified atom stereocenters. The average Bonchev–Trinajstić information content (AvgIpc) is 3.01. The lowest BCUT2D eigenvalue weighted by Crippen LogP contribution is -2.37. The predicted octanol–water partition coefficient (Wildman–Crippen LogP) is 1.41. The van der Waals surface area contributed by atoms with Gasteiger partial charge in [0.2, 0.25) is 0 Å². The molecule has 1 saturated heterocycles. The third-order valence-electron chi connectivity index (χ3n) is 4.02. The molecule has 3 heterocycles. The van der Waals surface area contributed by atoms with Gasteiger partial charge in [-0.1, -0.05) is 22.9 Å². The normalized spacial score (nSPS) is 17.7. The van der Waals surface area contributed by atoms with Gasteiger partial charge in [0.15, 0.2) is 0 Å². The highest BCUT2D eigenvalue weighted by molar-refractivity contribution is 6.29. The van der Waals surface area contributed by atoms with Gasteiger partial charge in [-0.15, -0.1) is 5.10 Å². The van der Waals surface area contributed by atoms with Crippen molar-refractivity contribution in [1.82, 2.24) is 25.3 Å². The number of hydrogen-bond donors (Lipinski definition) is 2. The summed E-state index contributed by atoms with van der Waals surface area (Å²) in [6.45, 7) is 2.95. The molecule has 2 amide bonds. The minimum absolute atomic E-state index is 0.290. The van der Waals surface area contributed by atoms with Crippen LogP contribution in [0.5, 0.6) is 0 Å². The highest BCUT2D eigenvalue weighted by Crippen LogP contribution is 2.23. The number of piperidine rings is 1. The average molecular weight is 350 g/mol. The number of primary amides is 1. The largest absolute Gasteiger partial charge is 0.356 e. The van der Waals surface area contributed by atoms with Crippen molar-refractivity contribution in [3.05, 3.63) is 35.2 Å². The zero-order valence-corrected chi connectivity index (χ0v) is 14.0. The molecule has 1 aliphatic heterocycles. The first-order valence-electron chi connectivity index (χ1n) is 7.90. The second kappa shape index (κ2) is 7.48. The van der Waals surface area contributed by atoms with Crippen LogP contribution < -0.4 is 16.0 Å². The molecule has 0 saturated carbocycles. The quantitative estimate of drug-likeness (QED) is 0.794. The fourth-order valence-electron chi connectivity index (χ4n) is 2.95.